The lowest BCUT2D eigenvalue weighted by atomic mass is 9.98. The van der Waals surface area contributed by atoms with Crippen LogP contribution in [-0.2, 0) is 13.0 Å². The largest absolute Gasteiger partial charge is 0.497 e. The molecule has 4 heteroatoms. The summed E-state index contributed by atoms with van der Waals surface area (Å²) in [5, 5.41) is 4.68. The number of carbonyl (C=O) groups is 1. The van der Waals surface area contributed by atoms with E-state index >= 15 is 0 Å². The van der Waals surface area contributed by atoms with Crippen molar-refractivity contribution >= 4 is 17.2 Å². The summed E-state index contributed by atoms with van der Waals surface area (Å²) < 4.78 is 7.65. The van der Waals surface area contributed by atoms with Gasteiger partial charge in [0.1, 0.15) is 5.75 Å². The number of hydrogen-bond donors (Lipinski definition) is 1. The standard InChI is InChI=1S/C20H20N2O2/c1-24-17-5-6-18(15(12-17)13-23)19-4-2-3-14-11-16-7-8-21-9-10-22(16)20(14)19/h2-6,11-13,21H,7-10H2,1H3. The van der Waals surface area contributed by atoms with Crippen LogP contribution in [0.2, 0.25) is 0 Å². The van der Waals surface area contributed by atoms with Crippen molar-refractivity contribution in [1.29, 1.82) is 0 Å². The summed E-state index contributed by atoms with van der Waals surface area (Å²) in [5.41, 5.74) is 5.28. The predicted molar refractivity (Wildman–Crippen MR) is 95.9 cm³/mol. The van der Waals surface area contributed by atoms with Gasteiger partial charge >= 0.3 is 0 Å². The molecule has 1 N–H and O–H groups in total. The highest BCUT2D eigenvalue weighted by molar-refractivity contribution is 6.00. The van der Waals surface area contributed by atoms with Crippen molar-refractivity contribution in [3.8, 4) is 16.9 Å². The molecule has 122 valence electrons. The Kier molecular flexibility index (Phi) is 3.82. The number of rotatable bonds is 3. The molecule has 24 heavy (non-hydrogen) atoms. The third-order valence-electron chi connectivity index (χ3n) is 4.75. The van der Waals surface area contributed by atoms with Gasteiger partial charge in [-0.15, -0.1) is 0 Å². The monoisotopic (exact) mass is 320 g/mol. The number of ether oxygens (including phenoxy) is 1. The molecular weight excluding hydrogens is 300 g/mol. The zero-order valence-electron chi connectivity index (χ0n) is 13.7. The number of para-hydroxylation sites is 1. The van der Waals surface area contributed by atoms with E-state index in [0.29, 0.717) is 11.3 Å². The van der Waals surface area contributed by atoms with Crippen LogP contribution >= 0.6 is 0 Å². The molecule has 2 aromatic carbocycles. The summed E-state index contributed by atoms with van der Waals surface area (Å²) in [6, 6.07) is 14.3. The Labute approximate surface area is 141 Å². The van der Waals surface area contributed by atoms with E-state index < -0.39 is 0 Å². The van der Waals surface area contributed by atoms with E-state index in [1.807, 2.05) is 12.1 Å². The Morgan fingerprint density at radius 3 is 2.88 bits per heavy atom. The number of carbonyl (C=O) groups excluding carboxylic acids is 1. The molecule has 0 bridgehead atoms. The third kappa shape index (κ3) is 2.39. The summed E-state index contributed by atoms with van der Waals surface area (Å²) in [7, 11) is 1.62. The van der Waals surface area contributed by atoms with Gasteiger partial charge in [-0.2, -0.15) is 0 Å². The van der Waals surface area contributed by atoms with Gasteiger partial charge in [-0.05, 0) is 29.8 Å². The SMILES string of the molecule is COc1ccc(-c2cccc3cc4n(c23)CCNCC4)c(C=O)c1. The fraction of sp³-hybridized carbons (Fsp3) is 0.250. The maximum Gasteiger partial charge on any atom is 0.150 e. The van der Waals surface area contributed by atoms with Gasteiger partial charge in [0.05, 0.1) is 12.6 Å². The summed E-state index contributed by atoms with van der Waals surface area (Å²) in [4.78, 5) is 11.6. The zero-order chi connectivity index (χ0) is 16.5. The maximum absolute atomic E-state index is 11.6. The summed E-state index contributed by atoms with van der Waals surface area (Å²) in [6.45, 7) is 2.92. The molecule has 3 aromatic rings. The second-order valence-corrected chi connectivity index (χ2v) is 6.10. The molecule has 1 aromatic heterocycles. The number of benzene rings is 2. The normalized spacial score (nSPS) is 14.2. The first-order valence-corrected chi connectivity index (χ1v) is 8.27. The number of aromatic nitrogens is 1. The first kappa shape index (κ1) is 15.0. The van der Waals surface area contributed by atoms with E-state index in [0.717, 1.165) is 43.5 Å². The van der Waals surface area contributed by atoms with Crippen LogP contribution in [0.15, 0.2) is 42.5 Å². The third-order valence-corrected chi connectivity index (χ3v) is 4.75. The molecule has 0 atom stereocenters. The van der Waals surface area contributed by atoms with Crippen LogP contribution in [0.5, 0.6) is 5.75 Å². The summed E-state index contributed by atoms with van der Waals surface area (Å²) in [6.07, 6.45) is 1.93. The average molecular weight is 320 g/mol. The van der Waals surface area contributed by atoms with E-state index in [1.165, 1.54) is 16.6 Å². The Bertz CT molecular complexity index is 911. The van der Waals surface area contributed by atoms with Gasteiger partial charge in [-0.25, -0.2) is 0 Å². The minimum Gasteiger partial charge on any atom is -0.497 e. The number of methoxy groups -OCH3 is 1. The first-order valence-electron chi connectivity index (χ1n) is 8.27. The molecule has 0 unspecified atom stereocenters. The topological polar surface area (TPSA) is 43.3 Å². The molecule has 4 rings (SSSR count). The molecule has 0 amide bonds. The van der Waals surface area contributed by atoms with Gasteiger partial charge in [0.25, 0.3) is 0 Å². The van der Waals surface area contributed by atoms with E-state index in [1.54, 1.807) is 13.2 Å². The lowest BCUT2D eigenvalue weighted by Gasteiger charge is -2.13. The molecule has 0 saturated heterocycles. The van der Waals surface area contributed by atoms with Crippen molar-refractivity contribution in [2.75, 3.05) is 20.2 Å². The van der Waals surface area contributed by atoms with Gasteiger partial charge in [0, 0.05) is 48.3 Å². The summed E-state index contributed by atoms with van der Waals surface area (Å²) in [5.74, 6) is 0.700. The van der Waals surface area contributed by atoms with Crippen LogP contribution in [0.25, 0.3) is 22.0 Å². The van der Waals surface area contributed by atoms with E-state index in [9.17, 15) is 4.79 Å². The van der Waals surface area contributed by atoms with Crippen LogP contribution in [0.1, 0.15) is 16.1 Å². The van der Waals surface area contributed by atoms with Crippen molar-refractivity contribution in [2.45, 2.75) is 13.0 Å². The highest BCUT2D eigenvalue weighted by Crippen LogP contribution is 2.34. The van der Waals surface area contributed by atoms with E-state index in [2.05, 4.69) is 34.1 Å². The fourth-order valence-corrected chi connectivity index (χ4v) is 3.60. The molecule has 0 saturated carbocycles. The van der Waals surface area contributed by atoms with Crippen LogP contribution in [-0.4, -0.2) is 31.1 Å². The van der Waals surface area contributed by atoms with Gasteiger partial charge in [0.2, 0.25) is 0 Å². The lowest BCUT2D eigenvalue weighted by Crippen LogP contribution is -2.17. The van der Waals surface area contributed by atoms with Crippen LogP contribution < -0.4 is 10.1 Å². The van der Waals surface area contributed by atoms with Crippen LogP contribution in [0.3, 0.4) is 0 Å². The van der Waals surface area contributed by atoms with Crippen molar-refractivity contribution in [2.24, 2.45) is 0 Å². The number of nitrogens with one attached hydrogen (secondary N) is 1. The highest BCUT2D eigenvalue weighted by Gasteiger charge is 2.17. The molecular formula is C20H20N2O2. The second kappa shape index (κ2) is 6.13. The minimum atomic E-state index is 0.657. The lowest BCUT2D eigenvalue weighted by molar-refractivity contribution is 0.112. The molecule has 4 nitrogen and oxygen atoms in total. The second-order valence-electron chi connectivity index (χ2n) is 6.10. The van der Waals surface area contributed by atoms with E-state index in [-0.39, 0.29) is 0 Å². The Morgan fingerprint density at radius 1 is 1.12 bits per heavy atom. The molecule has 0 spiro atoms. The zero-order valence-corrected chi connectivity index (χ0v) is 13.7. The van der Waals surface area contributed by atoms with Crippen LogP contribution in [0.4, 0.5) is 0 Å². The number of nitrogens with zero attached hydrogens (tertiary/aromatic N) is 1. The molecule has 1 aliphatic rings. The van der Waals surface area contributed by atoms with Crippen molar-refractivity contribution < 1.29 is 9.53 Å². The number of fused-ring (bicyclic) bond motifs is 3. The number of hydrogen-bond acceptors (Lipinski definition) is 3. The predicted octanol–water partition coefficient (Wildman–Crippen LogP) is 3.28. The summed E-state index contributed by atoms with van der Waals surface area (Å²) >= 11 is 0. The highest BCUT2D eigenvalue weighted by atomic mass is 16.5. The molecule has 1 aliphatic heterocycles. The van der Waals surface area contributed by atoms with Gasteiger partial charge in [0.15, 0.2) is 6.29 Å². The Morgan fingerprint density at radius 2 is 2.04 bits per heavy atom. The number of aldehydes is 1. The molecule has 0 radical (unpaired) electrons. The molecule has 2 heterocycles. The van der Waals surface area contributed by atoms with Gasteiger partial charge < -0.3 is 14.6 Å². The fourth-order valence-electron chi connectivity index (χ4n) is 3.60. The van der Waals surface area contributed by atoms with Gasteiger partial charge in [-0.3, -0.25) is 4.79 Å². The smallest absolute Gasteiger partial charge is 0.150 e. The maximum atomic E-state index is 11.6. The van der Waals surface area contributed by atoms with Gasteiger partial charge in [-0.1, -0.05) is 18.2 Å². The molecule has 0 fully saturated rings. The Balaban J connectivity index is 1.97. The van der Waals surface area contributed by atoms with Crippen LogP contribution in [0, 0.1) is 0 Å². The van der Waals surface area contributed by atoms with E-state index in [4.69, 9.17) is 4.74 Å². The van der Waals surface area contributed by atoms with Crippen molar-refractivity contribution in [3.63, 3.8) is 0 Å². The average Bonchev–Trinajstić information content (AvgIpc) is 2.82. The van der Waals surface area contributed by atoms with Crippen molar-refractivity contribution in [1.82, 2.24) is 9.88 Å². The molecule has 0 aliphatic carbocycles. The first-order chi connectivity index (χ1) is 11.8. The Hall–Kier alpha value is -2.59. The van der Waals surface area contributed by atoms with Crippen molar-refractivity contribution in [3.05, 3.63) is 53.7 Å². The quantitative estimate of drug-likeness (QED) is 0.753. The minimum absolute atomic E-state index is 0.657.